The van der Waals surface area contributed by atoms with Gasteiger partial charge in [-0.3, -0.25) is 4.79 Å². The highest BCUT2D eigenvalue weighted by Crippen LogP contribution is 2.32. The average molecular weight is 349 g/mol. The second kappa shape index (κ2) is 7.62. The number of carbonyl (C=O) groups excluding carboxylic acids is 1. The molecule has 0 spiro atoms. The first-order chi connectivity index (χ1) is 12.6. The molecule has 2 aromatic rings. The molecule has 0 aromatic heterocycles. The van der Waals surface area contributed by atoms with Crippen LogP contribution in [-0.2, 0) is 11.3 Å². The van der Waals surface area contributed by atoms with E-state index in [0.29, 0.717) is 11.5 Å². The number of hydrogen-bond acceptors (Lipinski definition) is 5. The Morgan fingerprint density at radius 3 is 2.77 bits per heavy atom. The first-order valence-corrected chi connectivity index (χ1v) is 8.17. The zero-order valence-electron chi connectivity index (χ0n) is 14.6. The van der Waals surface area contributed by atoms with Crippen molar-refractivity contribution in [3.05, 3.63) is 64.9 Å². The van der Waals surface area contributed by atoms with Crippen molar-refractivity contribution in [1.29, 1.82) is 5.26 Å². The summed E-state index contributed by atoms with van der Waals surface area (Å²) in [4.78, 5) is 12.2. The van der Waals surface area contributed by atoms with Gasteiger partial charge in [-0.25, -0.2) is 0 Å². The molecule has 26 heavy (non-hydrogen) atoms. The Bertz CT molecular complexity index is 913. The van der Waals surface area contributed by atoms with E-state index in [2.05, 4.69) is 10.6 Å². The van der Waals surface area contributed by atoms with Gasteiger partial charge in [0.05, 0.1) is 0 Å². The van der Waals surface area contributed by atoms with E-state index in [1.165, 1.54) is 6.20 Å². The number of benzene rings is 2. The number of nitriles is 1. The van der Waals surface area contributed by atoms with Crippen molar-refractivity contribution in [3.8, 4) is 17.6 Å². The summed E-state index contributed by atoms with van der Waals surface area (Å²) in [6, 6.07) is 13.3. The third-order valence-corrected chi connectivity index (χ3v) is 4.01. The van der Waals surface area contributed by atoms with Gasteiger partial charge in [0.25, 0.3) is 5.91 Å². The summed E-state index contributed by atoms with van der Waals surface area (Å²) in [5.74, 6) is 0.905. The third kappa shape index (κ3) is 3.95. The van der Waals surface area contributed by atoms with Gasteiger partial charge in [-0.1, -0.05) is 23.8 Å². The Morgan fingerprint density at radius 1 is 1.19 bits per heavy atom. The van der Waals surface area contributed by atoms with Crippen molar-refractivity contribution >= 4 is 11.6 Å². The number of rotatable bonds is 5. The van der Waals surface area contributed by atoms with E-state index in [9.17, 15) is 10.1 Å². The summed E-state index contributed by atoms with van der Waals surface area (Å²) in [5.41, 5.74) is 3.91. The van der Waals surface area contributed by atoms with Crippen molar-refractivity contribution < 1.29 is 14.3 Å². The molecule has 1 heterocycles. The predicted molar refractivity (Wildman–Crippen MR) is 97.6 cm³/mol. The van der Waals surface area contributed by atoms with Gasteiger partial charge in [-0.05, 0) is 43.2 Å². The number of ether oxygens (including phenoxy) is 2. The van der Waals surface area contributed by atoms with Crippen LogP contribution >= 0.6 is 0 Å². The average Bonchev–Trinajstić information content (AvgIpc) is 3.09. The number of nitrogens with one attached hydrogen (secondary N) is 2. The van der Waals surface area contributed by atoms with E-state index >= 15 is 0 Å². The van der Waals surface area contributed by atoms with Crippen LogP contribution in [0.25, 0.3) is 0 Å². The molecule has 2 N–H and O–H groups in total. The van der Waals surface area contributed by atoms with Crippen LogP contribution in [0.15, 0.2) is 48.2 Å². The van der Waals surface area contributed by atoms with Gasteiger partial charge in [0.1, 0.15) is 11.6 Å². The lowest BCUT2D eigenvalue weighted by Gasteiger charge is -2.08. The Hall–Kier alpha value is -3.46. The first kappa shape index (κ1) is 17.4. The lowest BCUT2D eigenvalue weighted by molar-refractivity contribution is -0.117. The van der Waals surface area contributed by atoms with Gasteiger partial charge >= 0.3 is 0 Å². The number of fused-ring (bicyclic) bond motifs is 1. The molecule has 0 saturated carbocycles. The fourth-order valence-electron chi connectivity index (χ4n) is 2.60. The standard InChI is InChI=1S/C20H19N3O3/c1-13-3-5-17(14(2)7-13)22-11-16(9-21)20(24)23-10-15-4-6-18-19(8-15)26-12-25-18/h3-8,11,22H,10,12H2,1-2H3,(H,23,24)/b16-11-. The van der Waals surface area contributed by atoms with Crippen molar-refractivity contribution in [2.75, 3.05) is 12.1 Å². The molecule has 0 atom stereocenters. The minimum Gasteiger partial charge on any atom is -0.454 e. The molecular weight excluding hydrogens is 330 g/mol. The Balaban J connectivity index is 1.62. The first-order valence-electron chi connectivity index (χ1n) is 8.17. The summed E-state index contributed by atoms with van der Waals surface area (Å²) in [6.45, 7) is 4.47. The molecule has 1 aliphatic heterocycles. The minimum absolute atomic E-state index is 0.00529. The quantitative estimate of drug-likeness (QED) is 0.640. The lowest BCUT2D eigenvalue weighted by atomic mass is 10.1. The number of anilines is 1. The summed E-state index contributed by atoms with van der Waals surface area (Å²) in [5, 5.41) is 15.0. The van der Waals surface area contributed by atoms with Crippen LogP contribution in [0.4, 0.5) is 5.69 Å². The predicted octanol–water partition coefficient (Wildman–Crippen LogP) is 3.17. The van der Waals surface area contributed by atoms with Crippen LogP contribution < -0.4 is 20.1 Å². The number of hydrogen-bond donors (Lipinski definition) is 2. The molecule has 3 rings (SSSR count). The van der Waals surface area contributed by atoms with Crippen LogP contribution in [0.5, 0.6) is 11.5 Å². The van der Waals surface area contributed by atoms with Gasteiger partial charge in [-0.2, -0.15) is 5.26 Å². The second-order valence-electron chi connectivity index (χ2n) is 6.00. The minimum atomic E-state index is -0.442. The highest BCUT2D eigenvalue weighted by Gasteiger charge is 2.14. The highest BCUT2D eigenvalue weighted by molar-refractivity contribution is 5.97. The maximum atomic E-state index is 12.2. The molecular formula is C20H19N3O3. The molecule has 1 aliphatic rings. The lowest BCUT2D eigenvalue weighted by Crippen LogP contribution is -2.24. The van der Waals surface area contributed by atoms with E-state index in [1.54, 1.807) is 6.07 Å². The second-order valence-corrected chi connectivity index (χ2v) is 6.00. The van der Waals surface area contributed by atoms with Crippen LogP contribution in [0.3, 0.4) is 0 Å². The summed E-state index contributed by atoms with van der Waals surface area (Å²) >= 11 is 0. The maximum absolute atomic E-state index is 12.2. The fraction of sp³-hybridized carbons (Fsp3) is 0.200. The number of aryl methyl sites for hydroxylation is 2. The van der Waals surface area contributed by atoms with Crippen LogP contribution in [0.2, 0.25) is 0 Å². The smallest absolute Gasteiger partial charge is 0.263 e. The molecule has 0 saturated heterocycles. The molecule has 0 unspecified atom stereocenters. The zero-order chi connectivity index (χ0) is 18.5. The van der Waals surface area contributed by atoms with Gasteiger partial charge in [-0.15, -0.1) is 0 Å². The zero-order valence-corrected chi connectivity index (χ0v) is 14.6. The van der Waals surface area contributed by atoms with E-state index in [4.69, 9.17) is 9.47 Å². The van der Waals surface area contributed by atoms with Crippen LogP contribution in [0, 0.1) is 25.2 Å². The summed E-state index contributed by atoms with van der Waals surface area (Å²) < 4.78 is 10.6. The molecule has 0 bridgehead atoms. The molecule has 132 valence electrons. The monoisotopic (exact) mass is 349 g/mol. The Morgan fingerprint density at radius 2 is 2.00 bits per heavy atom. The molecule has 6 nitrogen and oxygen atoms in total. The summed E-state index contributed by atoms with van der Waals surface area (Å²) in [7, 11) is 0. The normalized spacial score (nSPS) is 12.4. The fourth-order valence-corrected chi connectivity index (χ4v) is 2.60. The molecule has 0 radical (unpaired) electrons. The van der Waals surface area contributed by atoms with E-state index in [-0.39, 0.29) is 18.9 Å². The van der Waals surface area contributed by atoms with E-state index < -0.39 is 5.91 Å². The maximum Gasteiger partial charge on any atom is 0.263 e. The Kier molecular flexibility index (Phi) is 5.09. The van der Waals surface area contributed by atoms with Gasteiger partial charge < -0.3 is 20.1 Å². The van der Waals surface area contributed by atoms with Crippen molar-refractivity contribution in [1.82, 2.24) is 5.32 Å². The summed E-state index contributed by atoms with van der Waals surface area (Å²) in [6.07, 6.45) is 1.42. The number of carbonyl (C=O) groups is 1. The Labute approximate surface area is 152 Å². The van der Waals surface area contributed by atoms with Gasteiger partial charge in [0.2, 0.25) is 6.79 Å². The van der Waals surface area contributed by atoms with Crippen molar-refractivity contribution in [3.63, 3.8) is 0 Å². The molecule has 1 amide bonds. The molecule has 0 aliphatic carbocycles. The van der Waals surface area contributed by atoms with E-state index in [1.807, 2.05) is 50.2 Å². The van der Waals surface area contributed by atoms with Crippen molar-refractivity contribution in [2.45, 2.75) is 20.4 Å². The van der Waals surface area contributed by atoms with Crippen LogP contribution in [-0.4, -0.2) is 12.7 Å². The van der Waals surface area contributed by atoms with Gasteiger partial charge in [0, 0.05) is 18.4 Å². The largest absolute Gasteiger partial charge is 0.454 e. The molecule has 0 fully saturated rings. The molecule has 2 aromatic carbocycles. The number of nitrogens with zero attached hydrogens (tertiary/aromatic N) is 1. The van der Waals surface area contributed by atoms with Gasteiger partial charge in [0.15, 0.2) is 11.5 Å². The SMILES string of the molecule is Cc1ccc(N/C=C(/C#N)C(=O)NCc2ccc3c(c2)OCO3)c(C)c1. The number of amides is 1. The molecule has 6 heteroatoms. The highest BCUT2D eigenvalue weighted by atomic mass is 16.7. The third-order valence-electron chi connectivity index (χ3n) is 4.01. The van der Waals surface area contributed by atoms with Crippen LogP contribution in [0.1, 0.15) is 16.7 Å². The topological polar surface area (TPSA) is 83.4 Å². The van der Waals surface area contributed by atoms with E-state index in [0.717, 1.165) is 22.4 Å². The van der Waals surface area contributed by atoms with Crippen molar-refractivity contribution in [2.24, 2.45) is 0 Å².